The highest BCUT2D eigenvalue weighted by atomic mass is 19.4. The van der Waals surface area contributed by atoms with Crippen LogP contribution in [0.2, 0.25) is 0 Å². The number of aryl methyl sites for hydroxylation is 1. The Morgan fingerprint density at radius 3 is 2.50 bits per heavy atom. The van der Waals surface area contributed by atoms with E-state index in [0.717, 1.165) is 12.1 Å². The first-order valence-electron chi connectivity index (χ1n) is 4.49. The molecule has 0 N–H and O–H groups in total. The summed E-state index contributed by atoms with van der Waals surface area (Å²) < 4.78 is 41.9. The van der Waals surface area contributed by atoms with Crippen LogP contribution in [0.5, 0.6) is 0 Å². The van der Waals surface area contributed by atoms with Crippen LogP contribution in [0.4, 0.5) is 13.2 Å². The first-order valence-corrected chi connectivity index (χ1v) is 4.49. The summed E-state index contributed by atoms with van der Waals surface area (Å²) in [4.78, 5) is 11.1. The summed E-state index contributed by atoms with van der Waals surface area (Å²) in [6, 6.07) is 4.58. The van der Waals surface area contributed by atoms with E-state index in [1.807, 2.05) is 0 Å². The summed E-state index contributed by atoms with van der Waals surface area (Å²) in [5, 5.41) is 0.477. The van der Waals surface area contributed by atoms with Crippen molar-refractivity contribution < 1.29 is 17.6 Å². The van der Waals surface area contributed by atoms with Crippen molar-refractivity contribution in [3.63, 3.8) is 0 Å². The van der Waals surface area contributed by atoms with Crippen LogP contribution in [0.1, 0.15) is 11.1 Å². The second kappa shape index (κ2) is 3.37. The van der Waals surface area contributed by atoms with E-state index in [1.54, 1.807) is 6.92 Å². The molecule has 1 aromatic heterocycles. The third-order valence-corrected chi connectivity index (χ3v) is 2.24. The van der Waals surface area contributed by atoms with E-state index in [1.165, 1.54) is 12.1 Å². The summed E-state index contributed by atoms with van der Waals surface area (Å²) >= 11 is 0. The molecule has 0 fully saturated rings. The lowest BCUT2D eigenvalue weighted by molar-refractivity contribution is -0.137. The smallest absolute Gasteiger partial charge is 0.416 e. The van der Waals surface area contributed by atoms with E-state index in [4.69, 9.17) is 4.42 Å². The lowest BCUT2D eigenvalue weighted by Crippen LogP contribution is -2.06. The summed E-state index contributed by atoms with van der Waals surface area (Å²) in [5.74, 6) is 0. The zero-order chi connectivity index (χ0) is 11.9. The van der Waals surface area contributed by atoms with Crippen molar-refractivity contribution in [2.45, 2.75) is 13.1 Å². The minimum atomic E-state index is -4.43. The van der Waals surface area contributed by atoms with Gasteiger partial charge in [-0.1, -0.05) is 6.07 Å². The number of hydrogen-bond donors (Lipinski definition) is 0. The minimum absolute atomic E-state index is 0.0505. The maximum absolute atomic E-state index is 12.4. The summed E-state index contributed by atoms with van der Waals surface area (Å²) in [6.45, 7) is 1.54. The molecule has 5 heteroatoms. The van der Waals surface area contributed by atoms with Crippen LogP contribution in [-0.2, 0) is 6.18 Å². The van der Waals surface area contributed by atoms with Crippen molar-refractivity contribution in [3.8, 4) is 0 Å². The predicted molar refractivity (Wildman–Crippen MR) is 52.2 cm³/mol. The van der Waals surface area contributed by atoms with Gasteiger partial charge in [0.1, 0.15) is 5.58 Å². The van der Waals surface area contributed by atoms with E-state index in [-0.39, 0.29) is 5.58 Å². The number of hydrogen-bond acceptors (Lipinski definition) is 2. The van der Waals surface area contributed by atoms with Gasteiger partial charge in [-0.3, -0.25) is 0 Å². The normalized spacial score (nSPS) is 12.0. The van der Waals surface area contributed by atoms with E-state index >= 15 is 0 Å². The van der Waals surface area contributed by atoms with Crippen LogP contribution in [0.15, 0.2) is 33.5 Å². The monoisotopic (exact) mass is 228 g/mol. The second-order valence-corrected chi connectivity index (χ2v) is 3.47. The Morgan fingerprint density at radius 1 is 1.19 bits per heavy atom. The molecule has 2 nitrogen and oxygen atoms in total. The van der Waals surface area contributed by atoms with E-state index < -0.39 is 17.4 Å². The van der Waals surface area contributed by atoms with E-state index in [2.05, 4.69) is 0 Å². The molecule has 16 heavy (non-hydrogen) atoms. The van der Waals surface area contributed by atoms with Crippen LogP contribution in [0.3, 0.4) is 0 Å². The van der Waals surface area contributed by atoms with Crippen LogP contribution in [0.25, 0.3) is 11.0 Å². The van der Waals surface area contributed by atoms with E-state index in [0.29, 0.717) is 10.9 Å². The molecule has 0 spiro atoms. The summed E-state index contributed by atoms with van der Waals surface area (Å²) in [6.07, 6.45) is -4.43. The van der Waals surface area contributed by atoms with Crippen molar-refractivity contribution in [3.05, 3.63) is 45.8 Å². The zero-order valence-corrected chi connectivity index (χ0v) is 8.26. The first kappa shape index (κ1) is 10.7. The molecular formula is C11H7F3O2. The van der Waals surface area contributed by atoms with Gasteiger partial charge in [-0.15, -0.1) is 0 Å². The Morgan fingerprint density at radius 2 is 1.88 bits per heavy atom. The maximum Gasteiger partial charge on any atom is 0.416 e. The number of halogens is 3. The molecule has 1 heterocycles. The molecule has 0 unspecified atom stereocenters. The maximum atomic E-state index is 12.4. The van der Waals surface area contributed by atoms with Crippen molar-refractivity contribution >= 4 is 11.0 Å². The Balaban J connectivity index is 2.72. The van der Waals surface area contributed by atoms with Crippen LogP contribution in [-0.4, -0.2) is 0 Å². The van der Waals surface area contributed by atoms with Crippen molar-refractivity contribution in [2.24, 2.45) is 0 Å². The summed E-state index contributed by atoms with van der Waals surface area (Å²) in [7, 11) is 0. The molecule has 0 bridgehead atoms. The Bertz CT molecular complexity index is 596. The third-order valence-electron chi connectivity index (χ3n) is 2.24. The fourth-order valence-electron chi connectivity index (χ4n) is 1.39. The molecule has 0 saturated heterocycles. The molecular weight excluding hydrogens is 221 g/mol. The van der Waals surface area contributed by atoms with Crippen LogP contribution in [0, 0.1) is 6.92 Å². The van der Waals surface area contributed by atoms with Gasteiger partial charge in [0, 0.05) is 10.9 Å². The van der Waals surface area contributed by atoms with Crippen molar-refractivity contribution in [1.82, 2.24) is 0 Å². The lowest BCUT2D eigenvalue weighted by atomic mass is 10.1. The lowest BCUT2D eigenvalue weighted by Gasteiger charge is -2.06. The Labute approximate surface area is 88.3 Å². The number of alkyl halides is 3. The van der Waals surface area contributed by atoms with Gasteiger partial charge >= 0.3 is 11.8 Å². The molecule has 0 aliphatic carbocycles. The molecule has 0 aliphatic rings. The van der Waals surface area contributed by atoms with Gasteiger partial charge in [0.25, 0.3) is 0 Å². The number of rotatable bonds is 0. The number of fused-ring (bicyclic) bond motifs is 1. The molecule has 0 saturated carbocycles. The Hall–Kier alpha value is -1.78. The highest BCUT2D eigenvalue weighted by molar-refractivity contribution is 5.77. The molecule has 1 aromatic carbocycles. The standard InChI is InChI=1S/C11H7F3O2/c1-6-4-7-2-3-8(11(12,13)14)5-9(7)16-10(6)15/h2-5H,1H3. The van der Waals surface area contributed by atoms with E-state index in [9.17, 15) is 18.0 Å². The molecule has 0 radical (unpaired) electrons. The van der Waals surface area contributed by atoms with Gasteiger partial charge < -0.3 is 4.42 Å². The highest BCUT2D eigenvalue weighted by Gasteiger charge is 2.30. The largest absolute Gasteiger partial charge is 0.423 e. The van der Waals surface area contributed by atoms with Gasteiger partial charge in [-0.05, 0) is 25.1 Å². The van der Waals surface area contributed by atoms with Gasteiger partial charge in [-0.25, -0.2) is 4.79 Å². The quantitative estimate of drug-likeness (QED) is 0.648. The first-order chi connectivity index (χ1) is 7.38. The van der Waals surface area contributed by atoms with Crippen molar-refractivity contribution in [2.75, 3.05) is 0 Å². The van der Waals surface area contributed by atoms with Crippen LogP contribution < -0.4 is 5.63 Å². The molecule has 84 valence electrons. The SMILES string of the molecule is Cc1cc2ccc(C(F)(F)F)cc2oc1=O. The van der Waals surface area contributed by atoms with Gasteiger partial charge in [0.2, 0.25) is 0 Å². The van der Waals surface area contributed by atoms with Gasteiger partial charge in [-0.2, -0.15) is 13.2 Å². The average molecular weight is 228 g/mol. The Kier molecular flexibility index (Phi) is 2.26. The minimum Gasteiger partial charge on any atom is -0.423 e. The second-order valence-electron chi connectivity index (χ2n) is 3.47. The van der Waals surface area contributed by atoms with Gasteiger partial charge in [0.15, 0.2) is 0 Å². The highest BCUT2D eigenvalue weighted by Crippen LogP contribution is 2.31. The topological polar surface area (TPSA) is 30.2 Å². The van der Waals surface area contributed by atoms with Crippen LogP contribution >= 0.6 is 0 Å². The fourth-order valence-corrected chi connectivity index (χ4v) is 1.39. The van der Waals surface area contributed by atoms with Crippen molar-refractivity contribution in [1.29, 1.82) is 0 Å². The molecule has 0 aliphatic heterocycles. The summed E-state index contributed by atoms with van der Waals surface area (Å²) in [5.41, 5.74) is -1.13. The zero-order valence-electron chi connectivity index (χ0n) is 8.26. The molecule has 0 amide bonds. The fraction of sp³-hybridized carbons (Fsp3) is 0.182. The third kappa shape index (κ3) is 1.80. The molecule has 0 atom stereocenters. The average Bonchev–Trinajstić information content (AvgIpc) is 2.17. The predicted octanol–water partition coefficient (Wildman–Crippen LogP) is 3.12. The molecule has 2 rings (SSSR count). The van der Waals surface area contributed by atoms with Gasteiger partial charge in [0.05, 0.1) is 5.56 Å². The molecule has 2 aromatic rings. The number of benzene rings is 1.